The first kappa shape index (κ1) is 16.2. The van der Waals surface area contributed by atoms with E-state index in [-0.39, 0.29) is 11.3 Å². The number of amides is 1. The molecule has 1 atom stereocenters. The van der Waals surface area contributed by atoms with Gasteiger partial charge in [-0.1, -0.05) is 58.4 Å². The molecular weight excluding hydrogens is 352 g/mol. The van der Waals surface area contributed by atoms with Crippen LogP contribution in [-0.2, 0) is 16.6 Å². The van der Waals surface area contributed by atoms with Gasteiger partial charge in [0.25, 0.3) is 0 Å². The third kappa shape index (κ3) is 4.01. The second-order valence-corrected chi connectivity index (χ2v) is 7.22. The number of hydrogen-bond acceptors (Lipinski definition) is 2. The first-order chi connectivity index (χ1) is 11.1. The molecule has 1 amide bonds. The fourth-order valence-electron chi connectivity index (χ4n) is 2.88. The van der Waals surface area contributed by atoms with Crippen LogP contribution in [0.2, 0.25) is 0 Å². The van der Waals surface area contributed by atoms with Gasteiger partial charge in [0, 0.05) is 16.4 Å². The zero-order valence-electron chi connectivity index (χ0n) is 13.0. The van der Waals surface area contributed by atoms with Crippen molar-refractivity contribution < 1.29 is 4.79 Å². The minimum absolute atomic E-state index is 0.0740. The van der Waals surface area contributed by atoms with E-state index in [0.717, 1.165) is 22.9 Å². The fraction of sp³-hybridized carbons (Fsp3) is 0.316. The molecule has 120 valence electrons. The minimum atomic E-state index is -0.504. The molecule has 4 heteroatoms. The normalized spacial score (nSPS) is 16.6. The van der Waals surface area contributed by atoms with Crippen molar-refractivity contribution in [1.29, 1.82) is 0 Å². The fourth-order valence-corrected chi connectivity index (χ4v) is 3.28. The standard InChI is InChI=1S/C19H21BrN2O/c20-16-8-4-7-15(12-16)19(9-10-19)13-22-18(23)17(21)11-14-5-2-1-3-6-14/h1-8,12,17H,9-11,13,21H2,(H,22,23)/t17-/m0/s1. The zero-order valence-corrected chi connectivity index (χ0v) is 14.6. The largest absolute Gasteiger partial charge is 0.354 e. The van der Waals surface area contributed by atoms with E-state index in [0.29, 0.717) is 13.0 Å². The van der Waals surface area contributed by atoms with Crippen molar-refractivity contribution in [3.05, 3.63) is 70.2 Å². The summed E-state index contributed by atoms with van der Waals surface area (Å²) in [6.45, 7) is 0.658. The number of hydrogen-bond donors (Lipinski definition) is 2. The number of nitrogens with two attached hydrogens (primary N) is 1. The van der Waals surface area contributed by atoms with Gasteiger partial charge in [-0.2, -0.15) is 0 Å². The highest BCUT2D eigenvalue weighted by atomic mass is 79.9. The molecule has 1 aliphatic carbocycles. The molecular formula is C19H21BrN2O. The third-order valence-electron chi connectivity index (χ3n) is 4.53. The highest BCUT2D eigenvalue weighted by molar-refractivity contribution is 9.10. The molecule has 1 aliphatic rings. The van der Waals surface area contributed by atoms with Gasteiger partial charge in [-0.15, -0.1) is 0 Å². The maximum atomic E-state index is 12.3. The van der Waals surface area contributed by atoms with Crippen LogP contribution in [0.25, 0.3) is 0 Å². The van der Waals surface area contributed by atoms with Gasteiger partial charge in [0.05, 0.1) is 6.04 Å². The number of rotatable bonds is 6. The molecule has 0 aromatic heterocycles. The van der Waals surface area contributed by atoms with Crippen molar-refractivity contribution in [1.82, 2.24) is 5.32 Å². The molecule has 2 aromatic carbocycles. The molecule has 1 fully saturated rings. The Hall–Kier alpha value is -1.65. The Morgan fingerprint density at radius 3 is 2.57 bits per heavy atom. The van der Waals surface area contributed by atoms with Crippen LogP contribution in [0.15, 0.2) is 59.1 Å². The summed E-state index contributed by atoms with van der Waals surface area (Å²) in [7, 11) is 0. The van der Waals surface area contributed by atoms with Gasteiger partial charge >= 0.3 is 0 Å². The molecule has 0 spiro atoms. The molecule has 1 saturated carbocycles. The van der Waals surface area contributed by atoms with Crippen LogP contribution in [-0.4, -0.2) is 18.5 Å². The van der Waals surface area contributed by atoms with Crippen LogP contribution in [0.3, 0.4) is 0 Å². The van der Waals surface area contributed by atoms with E-state index in [4.69, 9.17) is 5.73 Å². The Labute approximate surface area is 145 Å². The lowest BCUT2D eigenvalue weighted by molar-refractivity contribution is -0.122. The van der Waals surface area contributed by atoms with E-state index in [2.05, 4.69) is 33.4 Å². The number of halogens is 1. The Balaban J connectivity index is 1.56. The minimum Gasteiger partial charge on any atom is -0.354 e. The zero-order chi connectivity index (χ0) is 16.3. The van der Waals surface area contributed by atoms with Gasteiger partial charge in [-0.3, -0.25) is 4.79 Å². The lowest BCUT2D eigenvalue weighted by atomic mass is 9.96. The molecule has 0 aliphatic heterocycles. The summed E-state index contributed by atoms with van der Waals surface area (Å²) in [6, 6.07) is 17.7. The Kier molecular flexibility index (Phi) is 4.83. The van der Waals surface area contributed by atoms with Crippen molar-refractivity contribution in [3.8, 4) is 0 Å². The monoisotopic (exact) mass is 372 g/mol. The highest BCUT2D eigenvalue weighted by Gasteiger charge is 2.44. The summed E-state index contributed by atoms with van der Waals surface area (Å²) in [5.74, 6) is -0.0740. The van der Waals surface area contributed by atoms with Gasteiger partial charge in [0.15, 0.2) is 0 Å². The Bertz CT molecular complexity index is 683. The van der Waals surface area contributed by atoms with Gasteiger partial charge in [0.1, 0.15) is 0 Å². The molecule has 3 rings (SSSR count). The van der Waals surface area contributed by atoms with Crippen LogP contribution in [0.5, 0.6) is 0 Å². The van der Waals surface area contributed by atoms with Crippen molar-refractivity contribution >= 4 is 21.8 Å². The van der Waals surface area contributed by atoms with Gasteiger partial charge in [-0.05, 0) is 42.5 Å². The van der Waals surface area contributed by atoms with E-state index in [9.17, 15) is 4.79 Å². The summed E-state index contributed by atoms with van der Waals surface area (Å²) in [4.78, 5) is 12.3. The predicted octanol–water partition coefficient (Wildman–Crippen LogP) is 3.17. The summed E-state index contributed by atoms with van der Waals surface area (Å²) >= 11 is 3.52. The average molecular weight is 373 g/mol. The quantitative estimate of drug-likeness (QED) is 0.817. The first-order valence-electron chi connectivity index (χ1n) is 7.92. The lowest BCUT2D eigenvalue weighted by Crippen LogP contribution is -2.44. The predicted molar refractivity (Wildman–Crippen MR) is 96.2 cm³/mol. The van der Waals surface area contributed by atoms with E-state index in [1.807, 2.05) is 42.5 Å². The van der Waals surface area contributed by atoms with Crippen molar-refractivity contribution in [2.45, 2.75) is 30.7 Å². The number of nitrogens with one attached hydrogen (secondary N) is 1. The molecule has 0 heterocycles. The molecule has 23 heavy (non-hydrogen) atoms. The van der Waals surface area contributed by atoms with E-state index in [1.54, 1.807) is 0 Å². The van der Waals surface area contributed by atoms with Crippen molar-refractivity contribution in [3.63, 3.8) is 0 Å². The first-order valence-corrected chi connectivity index (χ1v) is 8.72. The summed E-state index contributed by atoms with van der Waals surface area (Å²) < 4.78 is 1.08. The smallest absolute Gasteiger partial charge is 0.237 e. The molecule has 3 N–H and O–H groups in total. The van der Waals surface area contributed by atoms with Gasteiger partial charge < -0.3 is 11.1 Å². The number of benzene rings is 2. The van der Waals surface area contributed by atoms with Crippen molar-refractivity contribution in [2.75, 3.05) is 6.54 Å². The SMILES string of the molecule is N[C@@H](Cc1ccccc1)C(=O)NCC1(c2cccc(Br)c2)CC1. The van der Waals surface area contributed by atoms with E-state index < -0.39 is 6.04 Å². The highest BCUT2D eigenvalue weighted by Crippen LogP contribution is 2.48. The summed E-state index contributed by atoms with van der Waals surface area (Å²) in [5.41, 5.74) is 8.50. The second kappa shape index (κ2) is 6.85. The summed E-state index contributed by atoms with van der Waals surface area (Å²) in [6.07, 6.45) is 2.78. The average Bonchev–Trinajstić information content (AvgIpc) is 3.35. The van der Waals surface area contributed by atoms with Gasteiger partial charge in [-0.25, -0.2) is 0 Å². The van der Waals surface area contributed by atoms with E-state index in [1.165, 1.54) is 5.56 Å². The topological polar surface area (TPSA) is 55.1 Å². The number of carbonyl (C=O) groups excluding carboxylic acids is 1. The molecule has 0 unspecified atom stereocenters. The Morgan fingerprint density at radius 2 is 1.91 bits per heavy atom. The van der Waals surface area contributed by atoms with Crippen LogP contribution < -0.4 is 11.1 Å². The molecule has 0 saturated heterocycles. The lowest BCUT2D eigenvalue weighted by Gasteiger charge is -2.19. The van der Waals surface area contributed by atoms with Crippen LogP contribution in [0, 0.1) is 0 Å². The Morgan fingerprint density at radius 1 is 1.17 bits per heavy atom. The van der Waals surface area contributed by atoms with Crippen LogP contribution in [0.1, 0.15) is 24.0 Å². The molecule has 3 nitrogen and oxygen atoms in total. The maximum Gasteiger partial charge on any atom is 0.237 e. The third-order valence-corrected chi connectivity index (χ3v) is 5.02. The van der Waals surface area contributed by atoms with E-state index >= 15 is 0 Å². The molecule has 2 aromatic rings. The summed E-state index contributed by atoms with van der Waals surface area (Å²) in [5, 5.41) is 3.04. The van der Waals surface area contributed by atoms with Crippen molar-refractivity contribution in [2.24, 2.45) is 5.73 Å². The maximum absolute atomic E-state index is 12.3. The van der Waals surface area contributed by atoms with Gasteiger partial charge in [0.2, 0.25) is 5.91 Å². The number of carbonyl (C=O) groups is 1. The molecule has 0 bridgehead atoms. The van der Waals surface area contributed by atoms with Crippen LogP contribution in [0.4, 0.5) is 0 Å². The second-order valence-electron chi connectivity index (χ2n) is 6.30. The van der Waals surface area contributed by atoms with Crippen LogP contribution >= 0.6 is 15.9 Å². The molecule has 0 radical (unpaired) electrons.